The van der Waals surface area contributed by atoms with E-state index in [0.29, 0.717) is 0 Å². The summed E-state index contributed by atoms with van der Waals surface area (Å²) in [6, 6.07) is 5.89. The maximum Gasteiger partial charge on any atom is 0.125 e. The molecule has 0 unspecified atom stereocenters. The molecule has 0 atom stereocenters. The van der Waals surface area contributed by atoms with Crippen molar-refractivity contribution in [3.05, 3.63) is 42.1 Å². The van der Waals surface area contributed by atoms with Crippen molar-refractivity contribution in [2.75, 3.05) is 0 Å². The number of nitrogens with zero attached hydrogens (tertiary/aromatic N) is 3. The number of rotatable bonds is 1. The first-order chi connectivity index (χ1) is 6.75. The monoisotopic (exact) mass is 185 g/mol. The highest BCUT2D eigenvalue weighted by molar-refractivity contribution is 5.57. The van der Waals surface area contributed by atoms with Gasteiger partial charge in [-0.25, -0.2) is 9.97 Å². The van der Waals surface area contributed by atoms with Crippen LogP contribution in [-0.2, 0) is 0 Å². The Morgan fingerprint density at radius 3 is 2.50 bits per heavy atom. The summed E-state index contributed by atoms with van der Waals surface area (Å²) < 4.78 is 0. The molecule has 0 aliphatic heterocycles. The Labute approximate surface area is 82.9 Å². The van der Waals surface area contributed by atoms with Crippen molar-refractivity contribution in [2.24, 2.45) is 0 Å². The fraction of sp³-hybridized carbons (Fsp3) is 0.182. The van der Waals surface area contributed by atoms with E-state index < -0.39 is 0 Å². The average Bonchev–Trinajstić information content (AvgIpc) is 2.19. The van der Waals surface area contributed by atoms with Crippen molar-refractivity contribution in [2.45, 2.75) is 13.8 Å². The molecule has 0 N–H and O–H groups in total. The van der Waals surface area contributed by atoms with E-state index in [0.717, 1.165) is 22.8 Å². The minimum absolute atomic E-state index is 0.781. The Morgan fingerprint density at radius 1 is 1.00 bits per heavy atom. The van der Waals surface area contributed by atoms with Gasteiger partial charge in [-0.2, -0.15) is 0 Å². The van der Waals surface area contributed by atoms with E-state index in [2.05, 4.69) is 15.0 Å². The molecule has 0 spiro atoms. The van der Waals surface area contributed by atoms with Gasteiger partial charge in [-0.3, -0.25) is 4.98 Å². The Kier molecular flexibility index (Phi) is 2.23. The van der Waals surface area contributed by atoms with Crippen LogP contribution in [0.2, 0.25) is 0 Å². The first-order valence-electron chi connectivity index (χ1n) is 4.48. The molecule has 2 heterocycles. The van der Waals surface area contributed by atoms with Crippen molar-refractivity contribution < 1.29 is 0 Å². The topological polar surface area (TPSA) is 38.7 Å². The van der Waals surface area contributed by atoms with Crippen molar-refractivity contribution in [3.8, 4) is 11.3 Å². The van der Waals surface area contributed by atoms with Crippen molar-refractivity contribution >= 4 is 0 Å². The molecule has 3 heteroatoms. The molecule has 0 aliphatic carbocycles. The third-order valence-corrected chi connectivity index (χ3v) is 1.98. The lowest BCUT2D eigenvalue weighted by atomic mass is 10.2. The zero-order chi connectivity index (χ0) is 9.97. The SMILES string of the molecule is Cc1ccc(-c2ccnc(C)n2)cn1. The summed E-state index contributed by atoms with van der Waals surface area (Å²) in [4.78, 5) is 12.6. The highest BCUT2D eigenvalue weighted by Gasteiger charge is 1.99. The van der Waals surface area contributed by atoms with Crippen LogP contribution < -0.4 is 0 Å². The lowest BCUT2D eigenvalue weighted by Gasteiger charge is -2.00. The van der Waals surface area contributed by atoms with E-state index in [1.165, 1.54) is 0 Å². The van der Waals surface area contributed by atoms with E-state index >= 15 is 0 Å². The van der Waals surface area contributed by atoms with E-state index in [1.54, 1.807) is 6.20 Å². The van der Waals surface area contributed by atoms with Gasteiger partial charge in [-0.15, -0.1) is 0 Å². The molecular formula is C11H11N3. The van der Waals surface area contributed by atoms with Gasteiger partial charge >= 0.3 is 0 Å². The number of aromatic nitrogens is 3. The smallest absolute Gasteiger partial charge is 0.125 e. The first-order valence-corrected chi connectivity index (χ1v) is 4.48. The van der Waals surface area contributed by atoms with Crippen LogP contribution in [0.15, 0.2) is 30.6 Å². The quantitative estimate of drug-likeness (QED) is 0.683. The maximum atomic E-state index is 4.32. The van der Waals surface area contributed by atoms with Gasteiger partial charge in [0, 0.05) is 23.7 Å². The molecule has 0 saturated carbocycles. The molecule has 0 aliphatic rings. The molecule has 0 aromatic carbocycles. The van der Waals surface area contributed by atoms with Gasteiger partial charge in [0.1, 0.15) is 5.82 Å². The molecule has 0 fully saturated rings. The second-order valence-corrected chi connectivity index (χ2v) is 3.18. The highest BCUT2D eigenvalue weighted by atomic mass is 14.9. The Bertz CT molecular complexity index is 435. The van der Waals surface area contributed by atoms with Crippen molar-refractivity contribution in [1.29, 1.82) is 0 Å². The summed E-state index contributed by atoms with van der Waals surface area (Å²) in [6.45, 7) is 3.85. The summed E-state index contributed by atoms with van der Waals surface area (Å²) in [5.74, 6) is 0.781. The lowest BCUT2D eigenvalue weighted by Crippen LogP contribution is -1.90. The van der Waals surface area contributed by atoms with Gasteiger partial charge in [0.05, 0.1) is 5.69 Å². The van der Waals surface area contributed by atoms with Crippen LogP contribution in [0.4, 0.5) is 0 Å². The number of aryl methyl sites for hydroxylation is 2. The van der Waals surface area contributed by atoms with Crippen LogP contribution in [0.1, 0.15) is 11.5 Å². The van der Waals surface area contributed by atoms with Crippen LogP contribution in [0.5, 0.6) is 0 Å². The van der Waals surface area contributed by atoms with Gasteiger partial charge in [0.25, 0.3) is 0 Å². The molecule has 0 amide bonds. The molecule has 2 aromatic heterocycles. The molecule has 2 aromatic rings. The van der Waals surface area contributed by atoms with Crippen molar-refractivity contribution in [3.63, 3.8) is 0 Å². The minimum atomic E-state index is 0.781. The fourth-order valence-corrected chi connectivity index (χ4v) is 1.24. The molecule has 70 valence electrons. The Morgan fingerprint density at radius 2 is 1.86 bits per heavy atom. The average molecular weight is 185 g/mol. The van der Waals surface area contributed by atoms with E-state index in [-0.39, 0.29) is 0 Å². The summed E-state index contributed by atoms with van der Waals surface area (Å²) in [5.41, 5.74) is 2.96. The molecule has 3 nitrogen and oxygen atoms in total. The second kappa shape index (κ2) is 3.54. The van der Waals surface area contributed by atoms with Gasteiger partial charge in [-0.1, -0.05) is 0 Å². The van der Waals surface area contributed by atoms with Crippen molar-refractivity contribution in [1.82, 2.24) is 15.0 Å². The molecule has 14 heavy (non-hydrogen) atoms. The van der Waals surface area contributed by atoms with Gasteiger partial charge < -0.3 is 0 Å². The molecule has 0 radical (unpaired) electrons. The summed E-state index contributed by atoms with van der Waals surface area (Å²) in [5, 5.41) is 0. The molecule has 0 saturated heterocycles. The van der Waals surface area contributed by atoms with E-state index in [1.807, 2.05) is 38.2 Å². The zero-order valence-corrected chi connectivity index (χ0v) is 8.23. The number of hydrogen-bond acceptors (Lipinski definition) is 3. The van der Waals surface area contributed by atoms with Crippen LogP contribution >= 0.6 is 0 Å². The Hall–Kier alpha value is -1.77. The zero-order valence-electron chi connectivity index (χ0n) is 8.23. The van der Waals surface area contributed by atoms with Crippen LogP contribution in [0.25, 0.3) is 11.3 Å². The standard InChI is InChI=1S/C11H11N3/c1-8-3-4-10(7-13-8)11-5-6-12-9(2)14-11/h3-7H,1-2H3. The molecule has 0 bridgehead atoms. The summed E-state index contributed by atoms with van der Waals surface area (Å²) in [6.07, 6.45) is 3.59. The third-order valence-electron chi connectivity index (χ3n) is 1.98. The number of hydrogen-bond donors (Lipinski definition) is 0. The first kappa shape index (κ1) is 8.81. The normalized spacial score (nSPS) is 10.1. The summed E-state index contributed by atoms with van der Waals surface area (Å²) >= 11 is 0. The van der Waals surface area contributed by atoms with Crippen LogP contribution in [0, 0.1) is 13.8 Å². The van der Waals surface area contributed by atoms with Gasteiger partial charge in [0.15, 0.2) is 0 Å². The van der Waals surface area contributed by atoms with Crippen LogP contribution in [0.3, 0.4) is 0 Å². The number of pyridine rings is 1. The maximum absolute atomic E-state index is 4.32. The fourth-order valence-electron chi connectivity index (χ4n) is 1.24. The molecular weight excluding hydrogens is 174 g/mol. The lowest BCUT2D eigenvalue weighted by molar-refractivity contribution is 1.05. The second-order valence-electron chi connectivity index (χ2n) is 3.18. The predicted octanol–water partition coefficient (Wildman–Crippen LogP) is 2.16. The van der Waals surface area contributed by atoms with E-state index in [4.69, 9.17) is 0 Å². The highest BCUT2D eigenvalue weighted by Crippen LogP contribution is 2.14. The van der Waals surface area contributed by atoms with Gasteiger partial charge in [-0.05, 0) is 32.0 Å². The van der Waals surface area contributed by atoms with E-state index in [9.17, 15) is 0 Å². The predicted molar refractivity (Wildman–Crippen MR) is 54.7 cm³/mol. The Balaban J connectivity index is 2.44. The largest absolute Gasteiger partial charge is 0.261 e. The summed E-state index contributed by atoms with van der Waals surface area (Å²) in [7, 11) is 0. The minimum Gasteiger partial charge on any atom is -0.261 e. The van der Waals surface area contributed by atoms with Gasteiger partial charge in [0.2, 0.25) is 0 Å². The van der Waals surface area contributed by atoms with Crippen LogP contribution in [-0.4, -0.2) is 15.0 Å². The molecule has 2 rings (SSSR count). The third kappa shape index (κ3) is 1.76.